The number of aryl methyl sites for hydroxylation is 1. The number of aromatic nitrogens is 2. The third-order valence-corrected chi connectivity index (χ3v) is 5.73. The lowest BCUT2D eigenvalue weighted by atomic mass is 10.00. The number of carbonyl (C=O) groups is 1. The van der Waals surface area contributed by atoms with Crippen LogP contribution in [-0.4, -0.2) is 15.7 Å². The van der Waals surface area contributed by atoms with Crippen LogP contribution >= 0.6 is 0 Å². The first-order valence-electron chi connectivity index (χ1n) is 8.59. The number of nitrogens with one attached hydrogen (secondary N) is 1. The zero-order valence-corrected chi connectivity index (χ0v) is 13.4. The average Bonchev–Trinajstić information content (AvgIpc) is 3.45. The molecule has 4 nitrogen and oxygen atoms in total. The maximum Gasteiger partial charge on any atom is 0.228 e. The fraction of sp³-hybridized carbons (Fsp3) is 0.474. The molecule has 1 atom stereocenters. The third kappa shape index (κ3) is 2.28. The Morgan fingerprint density at radius 3 is 2.74 bits per heavy atom. The van der Waals surface area contributed by atoms with Crippen molar-refractivity contribution in [2.24, 2.45) is 18.4 Å². The number of nitrogens with zero attached hydrogens (tertiary/aromatic N) is 2. The molecule has 118 valence electrons. The van der Waals surface area contributed by atoms with Crippen molar-refractivity contribution in [3.05, 3.63) is 36.0 Å². The number of hydrogen-bond acceptors (Lipinski definition) is 2. The predicted octanol–water partition coefficient (Wildman–Crippen LogP) is 3.70. The van der Waals surface area contributed by atoms with Crippen LogP contribution in [0.5, 0.6) is 0 Å². The lowest BCUT2D eigenvalue weighted by Crippen LogP contribution is -2.15. The standard InChI is InChI=1S/C19H21N3O/c1-22-9-6-17(21-22)15-10-13(4-5-14(15)12-2-3-12)20-18(23)16-11-19(16)7-8-19/h4-6,9-10,12,16H,2-3,7-8,11H2,1H3,(H,20,23). The van der Waals surface area contributed by atoms with Gasteiger partial charge in [0, 0.05) is 30.4 Å². The van der Waals surface area contributed by atoms with Crippen molar-refractivity contribution in [2.45, 2.75) is 38.0 Å². The van der Waals surface area contributed by atoms with E-state index < -0.39 is 0 Å². The van der Waals surface area contributed by atoms with E-state index in [2.05, 4.69) is 28.6 Å². The molecule has 3 aliphatic rings. The molecule has 1 amide bonds. The van der Waals surface area contributed by atoms with Gasteiger partial charge in [-0.15, -0.1) is 0 Å². The van der Waals surface area contributed by atoms with Crippen molar-refractivity contribution in [3.8, 4) is 11.3 Å². The average molecular weight is 307 g/mol. The molecule has 1 aromatic carbocycles. The van der Waals surface area contributed by atoms with Crippen LogP contribution in [0.4, 0.5) is 5.69 Å². The van der Waals surface area contributed by atoms with Gasteiger partial charge in [0.1, 0.15) is 0 Å². The van der Waals surface area contributed by atoms with Gasteiger partial charge in [-0.25, -0.2) is 0 Å². The van der Waals surface area contributed by atoms with E-state index in [9.17, 15) is 4.79 Å². The van der Waals surface area contributed by atoms with Gasteiger partial charge in [0.05, 0.1) is 5.69 Å². The number of hydrogen-bond donors (Lipinski definition) is 1. The zero-order chi connectivity index (χ0) is 15.6. The summed E-state index contributed by atoms with van der Waals surface area (Å²) in [5, 5.41) is 7.69. The van der Waals surface area contributed by atoms with Crippen LogP contribution in [0.1, 0.15) is 43.6 Å². The molecular formula is C19H21N3O. The first-order valence-corrected chi connectivity index (χ1v) is 8.59. The van der Waals surface area contributed by atoms with Crippen molar-refractivity contribution >= 4 is 11.6 Å². The maximum atomic E-state index is 12.4. The van der Waals surface area contributed by atoms with E-state index in [4.69, 9.17) is 0 Å². The summed E-state index contributed by atoms with van der Waals surface area (Å²) in [5.41, 5.74) is 4.84. The molecule has 1 unspecified atom stereocenters. The molecule has 5 rings (SSSR count). The summed E-state index contributed by atoms with van der Waals surface area (Å²) in [4.78, 5) is 12.4. The summed E-state index contributed by atoms with van der Waals surface area (Å²) in [6, 6.07) is 8.39. The van der Waals surface area contributed by atoms with Crippen LogP contribution in [0.15, 0.2) is 30.5 Å². The quantitative estimate of drug-likeness (QED) is 0.936. The molecule has 0 saturated heterocycles. The largest absolute Gasteiger partial charge is 0.326 e. The van der Waals surface area contributed by atoms with Gasteiger partial charge in [-0.2, -0.15) is 5.10 Å². The van der Waals surface area contributed by atoms with Gasteiger partial charge in [0.15, 0.2) is 0 Å². The minimum Gasteiger partial charge on any atom is -0.326 e. The lowest BCUT2D eigenvalue weighted by Gasteiger charge is -2.11. The van der Waals surface area contributed by atoms with Crippen LogP contribution in [0.2, 0.25) is 0 Å². The molecule has 23 heavy (non-hydrogen) atoms. The molecule has 1 spiro atoms. The summed E-state index contributed by atoms with van der Waals surface area (Å²) in [6.07, 6.45) is 8.06. The van der Waals surface area contributed by atoms with Crippen molar-refractivity contribution in [2.75, 3.05) is 5.32 Å². The van der Waals surface area contributed by atoms with Crippen LogP contribution < -0.4 is 5.32 Å². The Labute approximate surface area is 135 Å². The first kappa shape index (κ1) is 13.3. The zero-order valence-electron chi connectivity index (χ0n) is 13.4. The highest BCUT2D eigenvalue weighted by Crippen LogP contribution is 2.70. The van der Waals surface area contributed by atoms with Crippen LogP contribution in [0.25, 0.3) is 11.3 Å². The van der Waals surface area contributed by atoms with E-state index in [1.165, 1.54) is 36.8 Å². The maximum absolute atomic E-state index is 12.4. The molecule has 3 saturated carbocycles. The normalized spacial score (nSPS) is 23.8. The van der Waals surface area contributed by atoms with Gasteiger partial charge in [-0.3, -0.25) is 9.48 Å². The molecule has 2 aromatic rings. The summed E-state index contributed by atoms with van der Waals surface area (Å²) in [6.45, 7) is 0. The molecule has 4 heteroatoms. The molecular weight excluding hydrogens is 286 g/mol. The Hall–Kier alpha value is -2.10. The Balaban J connectivity index is 1.44. The second-order valence-corrected chi connectivity index (χ2v) is 7.56. The van der Waals surface area contributed by atoms with Crippen molar-refractivity contribution < 1.29 is 4.79 Å². The Morgan fingerprint density at radius 1 is 1.30 bits per heavy atom. The molecule has 0 radical (unpaired) electrons. The van der Waals surface area contributed by atoms with E-state index in [1.54, 1.807) is 0 Å². The summed E-state index contributed by atoms with van der Waals surface area (Å²) < 4.78 is 1.83. The van der Waals surface area contributed by atoms with Crippen molar-refractivity contribution in [3.63, 3.8) is 0 Å². The van der Waals surface area contributed by atoms with Crippen molar-refractivity contribution in [1.82, 2.24) is 9.78 Å². The number of benzene rings is 1. The predicted molar refractivity (Wildman–Crippen MR) is 89.0 cm³/mol. The molecule has 1 aromatic heterocycles. The van der Waals surface area contributed by atoms with Crippen LogP contribution in [0.3, 0.4) is 0 Å². The molecule has 1 N–H and O–H groups in total. The number of rotatable bonds is 4. The van der Waals surface area contributed by atoms with Crippen molar-refractivity contribution in [1.29, 1.82) is 0 Å². The third-order valence-electron chi connectivity index (χ3n) is 5.73. The molecule has 0 bridgehead atoms. The number of amides is 1. The topological polar surface area (TPSA) is 46.9 Å². The van der Waals surface area contributed by atoms with E-state index in [-0.39, 0.29) is 11.8 Å². The van der Waals surface area contributed by atoms with Crippen LogP contribution in [0, 0.1) is 11.3 Å². The molecule has 3 fully saturated rings. The van der Waals surface area contributed by atoms with Gasteiger partial charge in [0.2, 0.25) is 5.91 Å². The number of carbonyl (C=O) groups excluding carboxylic acids is 1. The van der Waals surface area contributed by atoms with Gasteiger partial charge in [-0.05, 0) is 67.2 Å². The Kier molecular flexibility index (Phi) is 2.59. The van der Waals surface area contributed by atoms with Gasteiger partial charge >= 0.3 is 0 Å². The fourth-order valence-corrected chi connectivity index (χ4v) is 3.83. The minimum absolute atomic E-state index is 0.202. The number of anilines is 1. The van der Waals surface area contributed by atoms with E-state index in [0.717, 1.165) is 17.8 Å². The monoisotopic (exact) mass is 307 g/mol. The first-order chi connectivity index (χ1) is 11.1. The van der Waals surface area contributed by atoms with Gasteiger partial charge in [-0.1, -0.05) is 6.07 Å². The molecule has 0 aliphatic heterocycles. The van der Waals surface area contributed by atoms with Gasteiger partial charge < -0.3 is 5.32 Å². The summed E-state index contributed by atoms with van der Waals surface area (Å²) >= 11 is 0. The van der Waals surface area contributed by atoms with E-state index >= 15 is 0 Å². The summed E-state index contributed by atoms with van der Waals surface area (Å²) in [5.74, 6) is 1.12. The second kappa shape index (κ2) is 4.47. The highest BCUT2D eigenvalue weighted by molar-refractivity contribution is 5.96. The molecule has 1 heterocycles. The van der Waals surface area contributed by atoms with Crippen LogP contribution in [-0.2, 0) is 11.8 Å². The fourth-order valence-electron chi connectivity index (χ4n) is 3.83. The van der Waals surface area contributed by atoms with Gasteiger partial charge in [0.25, 0.3) is 0 Å². The Morgan fingerprint density at radius 2 is 2.13 bits per heavy atom. The SMILES string of the molecule is Cn1ccc(-c2cc(NC(=O)C3CC34CC4)ccc2C2CC2)n1. The minimum atomic E-state index is 0.202. The second-order valence-electron chi connectivity index (χ2n) is 7.56. The highest BCUT2D eigenvalue weighted by Gasteiger charge is 2.65. The molecule has 3 aliphatic carbocycles. The van der Waals surface area contributed by atoms with E-state index in [1.807, 2.05) is 24.0 Å². The highest BCUT2D eigenvalue weighted by atomic mass is 16.2. The Bertz CT molecular complexity index is 799. The van der Waals surface area contributed by atoms with E-state index in [0.29, 0.717) is 11.3 Å². The smallest absolute Gasteiger partial charge is 0.228 e. The lowest BCUT2D eigenvalue weighted by molar-refractivity contribution is -0.117. The summed E-state index contributed by atoms with van der Waals surface area (Å²) in [7, 11) is 1.94.